The molecular formula is C12H26NO2PS. The maximum atomic E-state index is 5.88. The molecule has 1 fully saturated rings. The van der Waals surface area contributed by atoms with Gasteiger partial charge in [0.25, 0.3) is 0 Å². The lowest BCUT2D eigenvalue weighted by Crippen LogP contribution is -2.32. The molecule has 0 saturated carbocycles. The molecule has 0 N–H and O–H groups in total. The lowest BCUT2D eigenvalue weighted by molar-refractivity contribution is 0.140. The van der Waals surface area contributed by atoms with Crippen LogP contribution in [0.5, 0.6) is 0 Å². The van der Waals surface area contributed by atoms with Crippen LogP contribution in [0.1, 0.15) is 39.5 Å². The standard InChI is InChI=1S/C12H26NO2PS/c1-4-14-16(3,17)15-12(2)11-13-9-7-5-6-8-10-13/h12H,4-11H2,1-3H3. The molecule has 2 atom stereocenters. The van der Waals surface area contributed by atoms with Gasteiger partial charge in [0.2, 0.25) is 0 Å². The van der Waals surface area contributed by atoms with Gasteiger partial charge in [-0.15, -0.1) is 0 Å². The first-order valence-corrected chi connectivity index (χ1v) is 9.75. The Morgan fingerprint density at radius 3 is 2.35 bits per heavy atom. The quantitative estimate of drug-likeness (QED) is 0.696. The molecule has 0 bridgehead atoms. The monoisotopic (exact) mass is 279 g/mol. The van der Waals surface area contributed by atoms with E-state index in [0.717, 1.165) is 6.54 Å². The molecule has 0 aromatic carbocycles. The van der Waals surface area contributed by atoms with E-state index in [1.54, 1.807) is 0 Å². The zero-order chi connectivity index (χ0) is 12.7. The van der Waals surface area contributed by atoms with Crippen molar-refractivity contribution in [2.24, 2.45) is 0 Å². The minimum Gasteiger partial charge on any atom is -0.330 e. The summed E-state index contributed by atoms with van der Waals surface area (Å²) < 4.78 is 11.4. The van der Waals surface area contributed by atoms with Gasteiger partial charge >= 0.3 is 0 Å². The molecular weight excluding hydrogens is 253 g/mol. The number of hydrogen-bond donors (Lipinski definition) is 0. The molecule has 0 amide bonds. The topological polar surface area (TPSA) is 21.7 Å². The molecule has 0 spiro atoms. The van der Waals surface area contributed by atoms with Crippen LogP contribution in [0.15, 0.2) is 0 Å². The molecule has 102 valence electrons. The second kappa shape index (κ2) is 7.85. The summed E-state index contributed by atoms with van der Waals surface area (Å²) in [5, 5.41) is 0. The molecule has 1 rings (SSSR count). The third-order valence-corrected chi connectivity index (χ3v) is 4.99. The van der Waals surface area contributed by atoms with Crippen LogP contribution in [-0.2, 0) is 20.9 Å². The molecule has 17 heavy (non-hydrogen) atoms. The average Bonchev–Trinajstić information content (AvgIpc) is 2.44. The Labute approximate surface area is 111 Å². The summed E-state index contributed by atoms with van der Waals surface area (Å²) in [5.41, 5.74) is 0. The summed E-state index contributed by atoms with van der Waals surface area (Å²) in [7, 11) is 0. The Kier molecular flexibility index (Phi) is 7.20. The summed E-state index contributed by atoms with van der Waals surface area (Å²) in [6, 6.07) is 0. The molecule has 1 aliphatic heterocycles. The number of likely N-dealkylation sites (tertiary alicyclic amines) is 1. The van der Waals surface area contributed by atoms with Crippen molar-refractivity contribution in [3.63, 3.8) is 0 Å². The second-order valence-electron chi connectivity index (χ2n) is 4.82. The normalized spacial score (nSPS) is 23.9. The Bertz CT molecular complexity index is 255. The van der Waals surface area contributed by atoms with Gasteiger partial charge in [-0.2, -0.15) is 0 Å². The van der Waals surface area contributed by atoms with E-state index in [-0.39, 0.29) is 6.10 Å². The van der Waals surface area contributed by atoms with Gasteiger partial charge in [-0.25, -0.2) is 0 Å². The van der Waals surface area contributed by atoms with Crippen molar-refractivity contribution in [3.05, 3.63) is 0 Å². The van der Waals surface area contributed by atoms with E-state index in [0.29, 0.717) is 6.61 Å². The first-order valence-electron chi connectivity index (χ1n) is 6.66. The fraction of sp³-hybridized carbons (Fsp3) is 1.00. The molecule has 1 saturated heterocycles. The van der Waals surface area contributed by atoms with Crippen molar-refractivity contribution in [1.82, 2.24) is 4.90 Å². The van der Waals surface area contributed by atoms with Gasteiger partial charge in [0.05, 0.1) is 12.7 Å². The van der Waals surface area contributed by atoms with Gasteiger partial charge in [-0.1, -0.05) is 12.8 Å². The molecule has 3 nitrogen and oxygen atoms in total. The van der Waals surface area contributed by atoms with E-state index in [4.69, 9.17) is 20.9 Å². The molecule has 0 radical (unpaired) electrons. The smallest absolute Gasteiger partial charge is 0.185 e. The molecule has 2 unspecified atom stereocenters. The van der Waals surface area contributed by atoms with Gasteiger partial charge in [-0.05, 0) is 51.6 Å². The zero-order valence-electron chi connectivity index (χ0n) is 11.4. The van der Waals surface area contributed by atoms with Gasteiger partial charge in [0.15, 0.2) is 6.49 Å². The average molecular weight is 279 g/mol. The molecule has 0 aliphatic carbocycles. The Balaban J connectivity index is 2.32. The first kappa shape index (κ1) is 15.6. The lowest BCUT2D eigenvalue weighted by atomic mass is 10.2. The second-order valence-corrected chi connectivity index (χ2v) is 8.82. The Hall–Kier alpha value is 0.530. The van der Waals surface area contributed by atoms with Crippen LogP contribution >= 0.6 is 6.49 Å². The van der Waals surface area contributed by atoms with Crippen LogP contribution in [0.3, 0.4) is 0 Å². The van der Waals surface area contributed by atoms with E-state index in [1.807, 2.05) is 13.6 Å². The summed E-state index contributed by atoms with van der Waals surface area (Å²) in [4.78, 5) is 2.50. The Morgan fingerprint density at radius 2 is 1.82 bits per heavy atom. The molecule has 1 heterocycles. The largest absolute Gasteiger partial charge is 0.330 e. The maximum Gasteiger partial charge on any atom is 0.185 e. The molecule has 5 heteroatoms. The van der Waals surface area contributed by atoms with Gasteiger partial charge in [-0.3, -0.25) is 0 Å². The van der Waals surface area contributed by atoms with Crippen LogP contribution in [0, 0.1) is 0 Å². The minimum atomic E-state index is -2.02. The van der Waals surface area contributed by atoms with Gasteiger partial charge in [0, 0.05) is 13.2 Å². The fourth-order valence-corrected chi connectivity index (χ4v) is 4.31. The Morgan fingerprint density at radius 1 is 1.24 bits per heavy atom. The van der Waals surface area contributed by atoms with E-state index >= 15 is 0 Å². The molecule has 1 aliphatic rings. The van der Waals surface area contributed by atoms with E-state index in [2.05, 4.69) is 11.8 Å². The molecule has 0 aromatic heterocycles. The SMILES string of the molecule is CCOP(C)(=S)OC(C)CN1CCCCCC1. The van der Waals surface area contributed by atoms with E-state index in [9.17, 15) is 0 Å². The summed E-state index contributed by atoms with van der Waals surface area (Å²) in [5.74, 6) is 0. The third kappa shape index (κ3) is 6.88. The number of nitrogens with zero attached hydrogens (tertiary/aromatic N) is 1. The van der Waals surface area contributed by atoms with Crippen molar-refractivity contribution in [2.75, 3.05) is 32.9 Å². The first-order chi connectivity index (χ1) is 8.03. The van der Waals surface area contributed by atoms with Crippen molar-refractivity contribution in [2.45, 2.75) is 45.6 Å². The fourth-order valence-electron chi connectivity index (χ4n) is 2.31. The summed E-state index contributed by atoms with van der Waals surface area (Å²) in [6.07, 6.45) is 5.56. The predicted molar refractivity (Wildman–Crippen MR) is 77.3 cm³/mol. The van der Waals surface area contributed by atoms with Crippen molar-refractivity contribution >= 4 is 18.3 Å². The maximum absolute atomic E-state index is 5.88. The lowest BCUT2D eigenvalue weighted by Gasteiger charge is -2.27. The van der Waals surface area contributed by atoms with Crippen LogP contribution in [0.25, 0.3) is 0 Å². The van der Waals surface area contributed by atoms with Crippen LogP contribution in [0.4, 0.5) is 0 Å². The predicted octanol–water partition coefficient (Wildman–Crippen LogP) is 3.24. The highest BCUT2D eigenvalue weighted by molar-refractivity contribution is 8.09. The zero-order valence-corrected chi connectivity index (χ0v) is 13.1. The summed E-state index contributed by atoms with van der Waals surface area (Å²) in [6.45, 7) is 8.01. The van der Waals surface area contributed by atoms with E-state index in [1.165, 1.54) is 38.8 Å². The highest BCUT2D eigenvalue weighted by atomic mass is 32.5. The van der Waals surface area contributed by atoms with Gasteiger partial charge < -0.3 is 13.9 Å². The van der Waals surface area contributed by atoms with Gasteiger partial charge in [0.1, 0.15) is 0 Å². The van der Waals surface area contributed by atoms with Crippen LogP contribution in [0.2, 0.25) is 0 Å². The highest BCUT2D eigenvalue weighted by Gasteiger charge is 2.18. The number of hydrogen-bond acceptors (Lipinski definition) is 4. The van der Waals surface area contributed by atoms with Crippen LogP contribution in [-0.4, -0.2) is 43.9 Å². The third-order valence-electron chi connectivity index (χ3n) is 2.95. The van der Waals surface area contributed by atoms with Crippen molar-refractivity contribution < 1.29 is 9.05 Å². The summed E-state index contributed by atoms with van der Waals surface area (Å²) >= 11 is 5.36. The van der Waals surface area contributed by atoms with Crippen molar-refractivity contribution in [1.29, 1.82) is 0 Å². The van der Waals surface area contributed by atoms with Crippen LogP contribution < -0.4 is 0 Å². The molecule has 0 aromatic rings. The minimum absolute atomic E-state index is 0.176. The number of rotatable bonds is 6. The van der Waals surface area contributed by atoms with E-state index < -0.39 is 6.49 Å². The highest BCUT2D eigenvalue weighted by Crippen LogP contribution is 2.45. The van der Waals surface area contributed by atoms with Crippen molar-refractivity contribution in [3.8, 4) is 0 Å².